The number of aliphatic carboxylic acids is 1. The average molecular weight is 470 g/mol. The van der Waals surface area contributed by atoms with Crippen LogP contribution in [0.2, 0.25) is 0 Å². The van der Waals surface area contributed by atoms with Gasteiger partial charge in [-0.2, -0.15) is 0 Å². The van der Waals surface area contributed by atoms with Crippen LogP contribution in [-0.2, 0) is 9.53 Å². The molecule has 2 saturated carbocycles. The fourth-order valence-corrected chi connectivity index (χ4v) is 6.79. The quantitative estimate of drug-likeness (QED) is 0.481. The maximum Gasteiger partial charge on any atom is 0.324 e. The van der Waals surface area contributed by atoms with Crippen molar-refractivity contribution in [2.75, 3.05) is 11.9 Å². The lowest BCUT2D eigenvalue weighted by atomic mass is 9.88. The van der Waals surface area contributed by atoms with E-state index in [4.69, 9.17) is 4.74 Å². The number of nitrogens with zero attached hydrogens (tertiary/aromatic N) is 2. The largest absolute Gasteiger partial charge is 0.480 e. The third-order valence-corrected chi connectivity index (χ3v) is 8.41. The maximum atomic E-state index is 13.4. The van der Waals surface area contributed by atoms with Crippen molar-refractivity contribution in [3.05, 3.63) is 6.20 Å². The maximum absolute atomic E-state index is 13.4. The van der Waals surface area contributed by atoms with E-state index in [1.807, 2.05) is 6.92 Å². The van der Waals surface area contributed by atoms with Gasteiger partial charge in [0.25, 0.3) is 0 Å². The number of thiazole rings is 1. The van der Waals surface area contributed by atoms with Crippen molar-refractivity contribution in [1.29, 1.82) is 0 Å². The zero-order chi connectivity index (χ0) is 22.4. The Morgan fingerprint density at radius 3 is 2.45 bits per heavy atom. The fourth-order valence-electron chi connectivity index (χ4n) is 4.53. The topological polar surface area (TPSA) is 91.8 Å². The number of thioether (sulfide) groups is 1. The summed E-state index contributed by atoms with van der Waals surface area (Å²) in [4.78, 5) is 31.2. The Morgan fingerprint density at radius 2 is 1.84 bits per heavy atom. The molecule has 2 fully saturated rings. The average Bonchev–Trinajstić information content (AvgIpc) is 3.16. The number of carbonyl (C=O) groups is 2. The molecular weight excluding hydrogens is 434 g/mol. The van der Waals surface area contributed by atoms with E-state index in [2.05, 4.69) is 15.2 Å². The van der Waals surface area contributed by atoms with Crippen LogP contribution in [0, 0.1) is 0 Å². The SMILES string of the molecule is CCO[C@H]1CC[C@H](N(C(=O)Nc2ncc(SC(C)(C)C(=O)O)s2)C2CCCCC2)CC1. The summed E-state index contributed by atoms with van der Waals surface area (Å²) in [5.41, 5.74) is 0. The first-order valence-electron chi connectivity index (χ1n) is 11.4. The molecule has 0 bridgehead atoms. The number of rotatable bonds is 8. The number of amides is 2. The smallest absolute Gasteiger partial charge is 0.324 e. The molecule has 7 nitrogen and oxygen atoms in total. The molecule has 2 amide bonds. The van der Waals surface area contributed by atoms with E-state index in [0.29, 0.717) is 11.2 Å². The molecule has 0 radical (unpaired) electrons. The van der Waals surface area contributed by atoms with Crippen molar-refractivity contribution in [3.8, 4) is 0 Å². The number of hydrogen-bond acceptors (Lipinski definition) is 6. The summed E-state index contributed by atoms with van der Waals surface area (Å²) in [7, 11) is 0. The number of aromatic nitrogens is 1. The standard InChI is InChI=1S/C22H35N3O4S2/c1-4-29-17-12-10-16(11-13-17)25(15-8-6-5-7-9-15)21(28)24-20-23-14-18(30-20)31-22(2,3)19(26)27/h14-17H,4-13H2,1-3H3,(H,26,27)(H,23,24,28)/t16-,17-. The van der Waals surface area contributed by atoms with Gasteiger partial charge in [-0.05, 0) is 59.3 Å². The van der Waals surface area contributed by atoms with Gasteiger partial charge in [0.15, 0.2) is 5.13 Å². The number of carboxylic acids is 1. The predicted molar refractivity (Wildman–Crippen MR) is 125 cm³/mol. The summed E-state index contributed by atoms with van der Waals surface area (Å²) in [6, 6.07) is 0.442. The summed E-state index contributed by atoms with van der Waals surface area (Å²) in [5.74, 6) is -0.873. The molecule has 1 aromatic rings. The Bertz CT molecular complexity index is 741. The molecule has 9 heteroatoms. The first kappa shape index (κ1) is 24.3. The number of carboxylic acid groups (broad SMARTS) is 1. The van der Waals surface area contributed by atoms with Crippen LogP contribution in [0.15, 0.2) is 10.4 Å². The molecule has 31 heavy (non-hydrogen) atoms. The van der Waals surface area contributed by atoms with Crippen molar-refractivity contribution < 1.29 is 19.4 Å². The van der Waals surface area contributed by atoms with E-state index < -0.39 is 10.7 Å². The van der Waals surface area contributed by atoms with Crippen molar-refractivity contribution in [1.82, 2.24) is 9.88 Å². The van der Waals surface area contributed by atoms with E-state index in [1.54, 1.807) is 20.0 Å². The van der Waals surface area contributed by atoms with Crippen LogP contribution in [0.1, 0.15) is 78.6 Å². The fraction of sp³-hybridized carbons (Fsp3) is 0.773. The number of carbonyl (C=O) groups excluding carboxylic acids is 1. The van der Waals surface area contributed by atoms with Gasteiger partial charge in [0.05, 0.1) is 16.5 Å². The lowest BCUT2D eigenvalue weighted by Crippen LogP contribution is -2.51. The van der Waals surface area contributed by atoms with E-state index in [9.17, 15) is 14.7 Å². The van der Waals surface area contributed by atoms with E-state index >= 15 is 0 Å². The van der Waals surface area contributed by atoms with Gasteiger partial charge in [-0.15, -0.1) is 0 Å². The number of ether oxygens (including phenoxy) is 1. The van der Waals surface area contributed by atoms with Gasteiger partial charge >= 0.3 is 12.0 Å². The monoisotopic (exact) mass is 469 g/mol. The molecule has 174 valence electrons. The lowest BCUT2D eigenvalue weighted by Gasteiger charge is -2.42. The second-order valence-corrected chi connectivity index (χ2v) is 11.9. The zero-order valence-corrected chi connectivity index (χ0v) is 20.4. The minimum Gasteiger partial charge on any atom is -0.480 e. The van der Waals surface area contributed by atoms with Crippen molar-refractivity contribution in [2.24, 2.45) is 0 Å². The summed E-state index contributed by atoms with van der Waals surface area (Å²) in [6.45, 7) is 6.11. The highest BCUT2D eigenvalue weighted by atomic mass is 32.2. The lowest BCUT2D eigenvalue weighted by molar-refractivity contribution is -0.138. The molecular formula is C22H35N3O4S2. The van der Waals surface area contributed by atoms with E-state index in [1.165, 1.54) is 42.4 Å². The molecule has 0 saturated heterocycles. The normalized spacial score (nSPS) is 22.8. The molecule has 0 spiro atoms. The Balaban J connectivity index is 1.67. The first-order valence-corrected chi connectivity index (χ1v) is 13.0. The Hall–Kier alpha value is -1.32. The zero-order valence-electron chi connectivity index (χ0n) is 18.8. The summed E-state index contributed by atoms with van der Waals surface area (Å²) < 4.78 is 5.64. The summed E-state index contributed by atoms with van der Waals surface area (Å²) >= 11 is 2.58. The molecule has 0 aromatic carbocycles. The van der Waals surface area contributed by atoms with Gasteiger partial charge in [0, 0.05) is 18.7 Å². The highest BCUT2D eigenvalue weighted by molar-refractivity contribution is 8.03. The number of hydrogen-bond donors (Lipinski definition) is 2. The predicted octanol–water partition coefficient (Wildman–Crippen LogP) is 5.61. The van der Waals surface area contributed by atoms with Gasteiger partial charge in [-0.1, -0.05) is 42.4 Å². The van der Waals surface area contributed by atoms with E-state index in [-0.39, 0.29) is 18.1 Å². The molecule has 2 aliphatic carbocycles. The molecule has 1 aromatic heterocycles. The van der Waals surface area contributed by atoms with Crippen LogP contribution in [0.4, 0.5) is 9.93 Å². The van der Waals surface area contributed by atoms with Gasteiger partial charge in [0.1, 0.15) is 4.75 Å². The second kappa shape index (κ2) is 11.0. The van der Waals surface area contributed by atoms with Crippen molar-refractivity contribution >= 4 is 40.2 Å². The molecule has 1 heterocycles. The molecule has 0 aliphatic heterocycles. The molecule has 0 atom stereocenters. The number of nitrogens with one attached hydrogen (secondary N) is 1. The highest BCUT2D eigenvalue weighted by Gasteiger charge is 2.35. The second-order valence-electron chi connectivity index (χ2n) is 8.92. The molecule has 3 rings (SSSR count). The Kier molecular flexibility index (Phi) is 8.64. The van der Waals surface area contributed by atoms with Crippen LogP contribution < -0.4 is 5.32 Å². The minimum absolute atomic E-state index is 0.0739. The van der Waals surface area contributed by atoms with Crippen LogP contribution in [0.3, 0.4) is 0 Å². The van der Waals surface area contributed by atoms with Crippen LogP contribution in [0.5, 0.6) is 0 Å². The van der Waals surface area contributed by atoms with Crippen LogP contribution in [0.25, 0.3) is 0 Å². The third kappa shape index (κ3) is 6.58. The third-order valence-electron chi connectivity index (χ3n) is 6.21. The first-order chi connectivity index (χ1) is 14.8. The summed E-state index contributed by atoms with van der Waals surface area (Å²) in [6.07, 6.45) is 11.6. The molecule has 2 N–H and O–H groups in total. The van der Waals surface area contributed by atoms with Gasteiger partial charge in [-0.25, -0.2) is 9.78 Å². The van der Waals surface area contributed by atoms with Gasteiger partial charge < -0.3 is 14.7 Å². The Morgan fingerprint density at radius 1 is 1.19 bits per heavy atom. The van der Waals surface area contributed by atoms with Gasteiger partial charge in [-0.3, -0.25) is 10.1 Å². The van der Waals surface area contributed by atoms with Gasteiger partial charge in [0.2, 0.25) is 0 Å². The van der Waals surface area contributed by atoms with Crippen LogP contribution >= 0.6 is 23.1 Å². The van der Waals surface area contributed by atoms with Crippen molar-refractivity contribution in [2.45, 2.75) is 106 Å². The van der Waals surface area contributed by atoms with Crippen LogP contribution in [-0.4, -0.2) is 56.5 Å². The minimum atomic E-state index is -0.943. The Labute approximate surface area is 193 Å². The van der Waals surface area contributed by atoms with Crippen molar-refractivity contribution in [3.63, 3.8) is 0 Å². The summed E-state index contributed by atoms with van der Waals surface area (Å²) in [5, 5.41) is 12.9. The number of anilines is 1. The highest BCUT2D eigenvalue weighted by Crippen LogP contribution is 2.38. The molecule has 0 unspecified atom stereocenters. The molecule has 2 aliphatic rings. The van der Waals surface area contributed by atoms with E-state index in [0.717, 1.165) is 49.3 Å². The number of urea groups is 1.